The van der Waals surface area contributed by atoms with Gasteiger partial charge in [0.05, 0.1) is 34.5 Å². The molecule has 0 saturated heterocycles. The topological polar surface area (TPSA) is 205 Å². The summed E-state index contributed by atoms with van der Waals surface area (Å²) in [5.74, 6) is 0.810. The van der Waals surface area contributed by atoms with Gasteiger partial charge in [-0.3, -0.25) is 19.6 Å². The molecule has 69 heavy (non-hydrogen) atoms. The number of rotatable bonds is 9. The highest BCUT2D eigenvalue weighted by atomic mass is 79.9. The molecule has 0 unspecified atom stereocenters. The Balaban J connectivity index is 0.000000368. The molecule has 2 amide bonds. The number of carbonyl (C=O) groups excluding carboxylic acids is 8. The van der Waals surface area contributed by atoms with Gasteiger partial charge >= 0.3 is 24.5 Å². The fraction of sp³-hybridized carbons (Fsp3) is 0.481. The van der Waals surface area contributed by atoms with Crippen molar-refractivity contribution in [2.24, 2.45) is 10.8 Å². The van der Waals surface area contributed by atoms with Crippen molar-refractivity contribution >= 4 is 79.9 Å². The molecule has 2 atom stereocenters. The number of allylic oxidation sites excluding steroid dienone is 2. The number of benzene rings is 2. The van der Waals surface area contributed by atoms with E-state index in [2.05, 4.69) is 82.3 Å². The molecule has 2 aromatic carbocycles. The van der Waals surface area contributed by atoms with Crippen LogP contribution in [0.5, 0.6) is 0 Å². The summed E-state index contributed by atoms with van der Waals surface area (Å²) in [5.41, 5.74) is 3.81. The Labute approximate surface area is 415 Å². The van der Waals surface area contributed by atoms with Crippen LogP contribution in [0.25, 0.3) is 27.9 Å². The molecule has 2 saturated carbocycles. The average molecular weight is 1010 g/mol. The van der Waals surface area contributed by atoms with E-state index in [9.17, 15) is 19.2 Å². The van der Waals surface area contributed by atoms with Gasteiger partial charge in [0.2, 0.25) is 0 Å². The van der Waals surface area contributed by atoms with Gasteiger partial charge in [-0.25, -0.2) is 9.59 Å². The molecule has 2 aliphatic carbocycles. The molecule has 6 rings (SSSR count). The number of pyridine rings is 2. The second-order valence-electron chi connectivity index (χ2n) is 19.2. The van der Waals surface area contributed by atoms with Crippen molar-refractivity contribution in [3.05, 3.63) is 101 Å². The van der Waals surface area contributed by atoms with E-state index in [0.29, 0.717) is 24.4 Å². The number of alkyl carbamates (subject to hydrolysis) is 2. The SMILES string of the molecule is C=CC1(CC)CCC(=O)CC1.CCC1(/C=C/c2ccc3ccc([C@@H](C)NC(=O)OC(C)(C)C)nc3c2)CCC(=O)CC1.C[C@@H](NC(=O)OC(C)(C)C)c1ccc2ccc(Br)cc2n1.O=C=O.O=C=O. The zero-order chi connectivity index (χ0) is 52.0. The number of ether oxygens (including phenoxy) is 2. The van der Waals surface area contributed by atoms with E-state index in [0.717, 1.165) is 94.6 Å². The van der Waals surface area contributed by atoms with E-state index in [-0.39, 0.29) is 35.2 Å². The summed E-state index contributed by atoms with van der Waals surface area (Å²) in [5, 5.41) is 7.76. The van der Waals surface area contributed by atoms with Crippen molar-refractivity contribution in [2.45, 2.75) is 157 Å². The smallest absolute Gasteiger partial charge is 0.408 e. The first-order valence-corrected chi connectivity index (χ1v) is 24.0. The first-order valence-electron chi connectivity index (χ1n) is 23.2. The molecule has 2 fully saturated rings. The minimum Gasteiger partial charge on any atom is -0.444 e. The minimum atomic E-state index is -0.538. The molecule has 0 spiro atoms. The number of amides is 2. The molecule has 2 aromatic heterocycles. The molecule has 372 valence electrons. The van der Waals surface area contributed by atoms with Crippen LogP contribution in [-0.4, -0.2) is 57.2 Å². The van der Waals surface area contributed by atoms with Gasteiger partial charge < -0.3 is 20.1 Å². The van der Waals surface area contributed by atoms with Crippen molar-refractivity contribution in [1.82, 2.24) is 20.6 Å². The number of hydrogen-bond acceptors (Lipinski definition) is 12. The molecule has 4 aromatic rings. The zero-order valence-electron chi connectivity index (χ0n) is 41.8. The molecule has 0 bridgehead atoms. The number of carbonyl (C=O) groups is 4. The van der Waals surface area contributed by atoms with E-state index < -0.39 is 23.4 Å². The van der Waals surface area contributed by atoms with E-state index in [1.807, 2.05) is 104 Å². The number of Topliss-reactive ketones (excluding diaryl/α,β-unsaturated/α-hetero) is 2. The lowest BCUT2D eigenvalue weighted by molar-refractivity contribution is -0.193. The van der Waals surface area contributed by atoms with Gasteiger partial charge in [-0.05, 0) is 141 Å². The summed E-state index contributed by atoms with van der Waals surface area (Å²) in [7, 11) is 0. The van der Waals surface area contributed by atoms with Crippen molar-refractivity contribution in [2.75, 3.05) is 0 Å². The average Bonchev–Trinajstić information content (AvgIpc) is 3.28. The first-order chi connectivity index (χ1) is 32.4. The molecule has 0 radical (unpaired) electrons. The molecule has 14 nitrogen and oxygen atoms in total. The predicted molar refractivity (Wildman–Crippen MR) is 268 cm³/mol. The number of nitrogens with zero attached hydrogens (tertiary/aromatic N) is 2. The summed E-state index contributed by atoms with van der Waals surface area (Å²) in [6, 6.07) is 19.6. The molecule has 15 heteroatoms. The molecular weight excluding hydrogens is 945 g/mol. The fourth-order valence-corrected chi connectivity index (χ4v) is 7.97. The monoisotopic (exact) mass is 1010 g/mol. The van der Waals surface area contributed by atoms with Crippen LogP contribution in [-0.2, 0) is 38.2 Å². The molecule has 0 aliphatic heterocycles. The lowest BCUT2D eigenvalue weighted by atomic mass is 9.71. The van der Waals surface area contributed by atoms with Crippen LogP contribution in [0, 0.1) is 10.8 Å². The summed E-state index contributed by atoms with van der Waals surface area (Å²) >= 11 is 3.44. The number of hydrogen-bond donors (Lipinski definition) is 2. The third-order valence-electron chi connectivity index (χ3n) is 11.8. The van der Waals surface area contributed by atoms with Crippen molar-refractivity contribution < 1.29 is 47.8 Å². The highest BCUT2D eigenvalue weighted by Gasteiger charge is 2.31. The Morgan fingerprint density at radius 2 is 1.06 bits per heavy atom. The minimum absolute atomic E-state index is 0.115. The number of fused-ring (bicyclic) bond motifs is 2. The summed E-state index contributed by atoms with van der Waals surface area (Å²) in [4.78, 5) is 88.3. The maximum atomic E-state index is 12.1. The van der Waals surface area contributed by atoms with Crippen LogP contribution >= 0.6 is 15.9 Å². The van der Waals surface area contributed by atoms with Crippen LogP contribution in [0.15, 0.2) is 83.9 Å². The Bertz CT molecular complexity index is 2440. The summed E-state index contributed by atoms with van der Waals surface area (Å²) in [6.45, 7) is 23.0. The third kappa shape index (κ3) is 21.0. The van der Waals surface area contributed by atoms with E-state index in [1.165, 1.54) is 0 Å². The Hall–Kier alpha value is -6.14. The Morgan fingerprint density at radius 1 is 0.681 bits per heavy atom. The first kappa shape index (κ1) is 59.0. The van der Waals surface area contributed by atoms with Gasteiger partial charge in [0, 0.05) is 40.9 Å². The standard InChI is InChI=1S/C26H34N2O3.C16H19BrN2O2.C10H16O.2CO2/c1-6-26(15-12-21(29)13-16-26)14-11-19-7-8-20-9-10-22(28-23(20)17-19)18(2)27-24(30)31-25(3,4)5;1-10(18-15(20)21-16(2,3)4)13-8-6-11-5-7-12(17)9-14(11)19-13;1-3-10(4-2)7-5-9(11)6-8-10;2*2-1-3/h7-11,14,17-18H,6,12-13,15-16H2,1-5H3,(H,27,30);5-10H,1-4H3,(H,18,20);3H,1,4-8H2,2H3;;/b14-11+;;;;/t18-;10-;;;/m11.../s1. The highest BCUT2D eigenvalue weighted by molar-refractivity contribution is 9.10. The van der Waals surface area contributed by atoms with Gasteiger partial charge in [0.1, 0.15) is 22.8 Å². The highest BCUT2D eigenvalue weighted by Crippen LogP contribution is 2.40. The van der Waals surface area contributed by atoms with Crippen LogP contribution < -0.4 is 10.6 Å². The number of halogens is 1. The van der Waals surface area contributed by atoms with Crippen molar-refractivity contribution in [3.63, 3.8) is 0 Å². The number of aromatic nitrogens is 2. The van der Waals surface area contributed by atoms with Gasteiger partial charge in [-0.1, -0.05) is 78.3 Å². The second kappa shape index (κ2) is 27.8. The maximum absolute atomic E-state index is 12.1. The fourth-order valence-electron chi connectivity index (χ4n) is 7.63. The summed E-state index contributed by atoms with van der Waals surface area (Å²) in [6.07, 6.45) is 15.1. The normalized spacial score (nSPS) is 15.8. The largest absolute Gasteiger partial charge is 0.444 e. The molecular formula is C54H69BrN4O10. The van der Waals surface area contributed by atoms with Gasteiger partial charge in [-0.2, -0.15) is 19.2 Å². The van der Waals surface area contributed by atoms with Gasteiger partial charge in [0.25, 0.3) is 0 Å². The zero-order valence-corrected chi connectivity index (χ0v) is 43.4. The van der Waals surface area contributed by atoms with Crippen molar-refractivity contribution in [3.8, 4) is 0 Å². The number of ketones is 2. The van der Waals surface area contributed by atoms with Crippen LogP contribution in [0.4, 0.5) is 9.59 Å². The van der Waals surface area contributed by atoms with E-state index in [1.54, 1.807) is 0 Å². The van der Waals surface area contributed by atoms with Crippen molar-refractivity contribution in [1.29, 1.82) is 0 Å². The third-order valence-corrected chi connectivity index (χ3v) is 12.3. The van der Waals surface area contributed by atoms with E-state index in [4.69, 9.17) is 33.6 Å². The molecule has 2 aliphatic rings. The van der Waals surface area contributed by atoms with Gasteiger partial charge in [0.15, 0.2) is 0 Å². The predicted octanol–water partition coefficient (Wildman–Crippen LogP) is 12.5. The molecule has 2 N–H and O–H groups in total. The lowest BCUT2D eigenvalue weighted by Gasteiger charge is -2.33. The molecule has 2 heterocycles. The van der Waals surface area contributed by atoms with Crippen LogP contribution in [0.3, 0.4) is 0 Å². The maximum Gasteiger partial charge on any atom is 0.408 e. The quantitative estimate of drug-likeness (QED) is 0.150. The second-order valence-corrected chi connectivity index (χ2v) is 20.1. The Kier molecular flexibility index (Phi) is 23.7. The van der Waals surface area contributed by atoms with Crippen LogP contribution in [0.2, 0.25) is 0 Å². The van der Waals surface area contributed by atoms with Crippen LogP contribution in [0.1, 0.15) is 162 Å². The lowest BCUT2D eigenvalue weighted by Crippen LogP contribution is -2.34. The number of nitrogens with one attached hydrogen (secondary N) is 2. The Morgan fingerprint density at radius 3 is 1.45 bits per heavy atom. The van der Waals surface area contributed by atoms with Gasteiger partial charge in [-0.15, -0.1) is 6.58 Å². The summed E-state index contributed by atoms with van der Waals surface area (Å²) < 4.78 is 11.6. The van der Waals surface area contributed by atoms with E-state index >= 15 is 0 Å².